The van der Waals surface area contributed by atoms with E-state index in [9.17, 15) is 4.79 Å². The first-order valence-corrected chi connectivity index (χ1v) is 11.5. The Morgan fingerprint density at radius 1 is 1.15 bits per heavy atom. The Hall–Kier alpha value is -1.34. The third-order valence-corrected chi connectivity index (χ3v) is 8.62. The number of hydrogen-bond donors (Lipinski definition) is 0. The van der Waals surface area contributed by atoms with Crippen molar-refractivity contribution >= 4 is 60.4 Å². The molecule has 0 unspecified atom stereocenters. The Kier molecular flexibility index (Phi) is 4.42. The van der Waals surface area contributed by atoms with E-state index in [-0.39, 0.29) is 5.91 Å². The van der Waals surface area contributed by atoms with Crippen molar-refractivity contribution in [2.24, 2.45) is 0 Å². The summed E-state index contributed by atoms with van der Waals surface area (Å²) in [5.74, 6) is 0.0200. The Morgan fingerprint density at radius 3 is 2.62 bits per heavy atom. The largest absolute Gasteiger partial charge is 0.297 e. The zero-order chi connectivity index (χ0) is 18.6. The molecule has 0 bridgehead atoms. The molecule has 2 heterocycles. The number of nitrogens with zero attached hydrogens (tertiary/aromatic N) is 1. The average Bonchev–Trinajstić information content (AvgIpc) is 2.98. The van der Waals surface area contributed by atoms with Crippen molar-refractivity contribution in [3.8, 4) is 11.1 Å². The molecule has 0 saturated heterocycles. The van der Waals surface area contributed by atoms with E-state index in [4.69, 9.17) is 12.2 Å². The predicted molar refractivity (Wildman–Crippen MR) is 117 cm³/mol. The van der Waals surface area contributed by atoms with Gasteiger partial charge in [0.1, 0.15) is 3.82 Å². The van der Waals surface area contributed by atoms with Crippen molar-refractivity contribution in [3.63, 3.8) is 0 Å². The summed E-state index contributed by atoms with van der Waals surface area (Å²) in [5, 5.41) is 0. The van der Waals surface area contributed by atoms with E-state index in [0.717, 1.165) is 41.1 Å². The highest BCUT2D eigenvalue weighted by molar-refractivity contribution is 9.10. The number of carbonyl (C=O) groups excluding carboxylic acids is 1. The van der Waals surface area contributed by atoms with Crippen molar-refractivity contribution in [1.82, 2.24) is 0 Å². The van der Waals surface area contributed by atoms with Crippen molar-refractivity contribution in [2.45, 2.75) is 26.3 Å². The molecule has 1 amide bonds. The smallest absolute Gasteiger partial charge is 0.259 e. The Balaban J connectivity index is 2.01. The first kappa shape index (κ1) is 18.0. The third kappa shape index (κ3) is 2.62. The topological polar surface area (TPSA) is 20.3 Å². The van der Waals surface area contributed by atoms with Gasteiger partial charge < -0.3 is 0 Å². The maximum absolute atomic E-state index is 13.6. The zero-order valence-corrected chi connectivity index (χ0v) is 18.5. The first-order chi connectivity index (χ1) is 12.3. The van der Waals surface area contributed by atoms with Crippen LogP contribution in [0.2, 0.25) is 0 Å². The van der Waals surface area contributed by atoms with Crippen LogP contribution in [0.5, 0.6) is 0 Å². The second-order valence-corrected chi connectivity index (χ2v) is 10.6. The van der Waals surface area contributed by atoms with Crippen molar-refractivity contribution in [2.75, 3.05) is 4.90 Å². The van der Waals surface area contributed by atoms with E-state index < -0.39 is 5.54 Å². The Morgan fingerprint density at radius 2 is 1.88 bits per heavy atom. The standard InChI is InChI=1S/C20H16BrNOS3/c1-11-6-4-5-7-13(11)18(23)22-15-9-8-12(21)10-14(15)16-17(20(22,2)3)25-26-19(16)24/h4-10H,1-3H3. The van der Waals surface area contributed by atoms with Crippen LogP contribution in [0, 0.1) is 10.7 Å². The molecular weight excluding hydrogens is 446 g/mol. The van der Waals surface area contributed by atoms with E-state index in [1.54, 1.807) is 20.7 Å². The van der Waals surface area contributed by atoms with Gasteiger partial charge in [0.15, 0.2) is 0 Å². The highest BCUT2D eigenvalue weighted by atomic mass is 79.9. The fourth-order valence-corrected chi connectivity index (χ4v) is 7.14. The van der Waals surface area contributed by atoms with Crippen LogP contribution in [-0.2, 0) is 5.54 Å². The average molecular weight is 462 g/mol. The molecule has 0 atom stereocenters. The van der Waals surface area contributed by atoms with Crippen LogP contribution in [0.1, 0.15) is 34.6 Å². The number of halogens is 1. The molecule has 26 heavy (non-hydrogen) atoms. The third-order valence-electron chi connectivity index (χ3n) is 4.79. The summed E-state index contributed by atoms with van der Waals surface area (Å²) in [4.78, 5) is 16.7. The van der Waals surface area contributed by atoms with Gasteiger partial charge in [-0.15, -0.1) is 0 Å². The van der Waals surface area contributed by atoms with E-state index >= 15 is 0 Å². The molecule has 0 N–H and O–H groups in total. The number of carbonyl (C=O) groups is 1. The Labute approximate surface area is 173 Å². The van der Waals surface area contributed by atoms with Gasteiger partial charge in [-0.05, 0) is 50.6 Å². The highest BCUT2D eigenvalue weighted by Gasteiger charge is 2.43. The fourth-order valence-electron chi connectivity index (χ4n) is 3.50. The molecule has 0 aliphatic carbocycles. The summed E-state index contributed by atoms with van der Waals surface area (Å²) in [6.45, 7) is 6.18. The molecule has 4 rings (SSSR count). The number of anilines is 1. The number of amides is 1. The number of rotatable bonds is 1. The summed E-state index contributed by atoms with van der Waals surface area (Å²) in [5.41, 5.74) is 4.29. The van der Waals surface area contributed by atoms with Gasteiger partial charge in [0, 0.05) is 21.2 Å². The van der Waals surface area contributed by atoms with E-state index in [2.05, 4.69) is 35.8 Å². The number of fused-ring (bicyclic) bond motifs is 3. The molecule has 3 aromatic rings. The van der Waals surface area contributed by atoms with E-state index in [1.807, 2.05) is 48.2 Å². The molecule has 0 fully saturated rings. The minimum absolute atomic E-state index is 0.0200. The first-order valence-electron chi connectivity index (χ1n) is 8.16. The van der Waals surface area contributed by atoms with Crippen LogP contribution in [0.15, 0.2) is 46.9 Å². The van der Waals surface area contributed by atoms with Gasteiger partial charge in [-0.1, -0.05) is 67.0 Å². The maximum atomic E-state index is 13.6. The van der Waals surface area contributed by atoms with Gasteiger partial charge >= 0.3 is 0 Å². The minimum atomic E-state index is -0.465. The molecular formula is C20H16BrNOS3. The van der Waals surface area contributed by atoms with E-state index in [1.165, 1.54) is 0 Å². The van der Waals surface area contributed by atoms with Crippen molar-refractivity contribution in [1.29, 1.82) is 0 Å². The van der Waals surface area contributed by atoms with Crippen LogP contribution >= 0.6 is 48.8 Å². The highest BCUT2D eigenvalue weighted by Crippen LogP contribution is 2.53. The number of aryl methyl sites for hydroxylation is 1. The van der Waals surface area contributed by atoms with Crippen LogP contribution in [0.4, 0.5) is 5.69 Å². The van der Waals surface area contributed by atoms with Gasteiger partial charge in [0.05, 0.1) is 16.1 Å². The molecule has 1 aromatic heterocycles. The number of benzene rings is 2. The molecule has 2 nitrogen and oxygen atoms in total. The van der Waals surface area contributed by atoms with Gasteiger partial charge in [0.25, 0.3) is 5.91 Å². The lowest BCUT2D eigenvalue weighted by molar-refractivity contribution is 0.0961. The SMILES string of the molecule is Cc1ccccc1C(=O)N1c2ccc(Br)cc2-c2c(ssc2=S)C1(C)C. The number of hydrogen-bond acceptors (Lipinski definition) is 4. The van der Waals surface area contributed by atoms with Gasteiger partial charge in [-0.2, -0.15) is 0 Å². The van der Waals surface area contributed by atoms with Crippen molar-refractivity contribution in [3.05, 3.63) is 66.8 Å². The second-order valence-electron chi connectivity index (χ2n) is 6.83. The molecule has 0 saturated carbocycles. The van der Waals surface area contributed by atoms with Crippen LogP contribution in [-0.4, -0.2) is 5.91 Å². The molecule has 132 valence electrons. The quantitative estimate of drug-likeness (QED) is 0.282. The molecule has 1 aliphatic heterocycles. The summed E-state index contributed by atoms with van der Waals surface area (Å²) < 4.78 is 1.87. The van der Waals surface area contributed by atoms with Crippen LogP contribution < -0.4 is 4.90 Å². The van der Waals surface area contributed by atoms with Gasteiger partial charge in [-0.25, -0.2) is 0 Å². The summed E-state index contributed by atoms with van der Waals surface area (Å²) in [7, 11) is 3.29. The molecule has 2 aromatic carbocycles. The van der Waals surface area contributed by atoms with Gasteiger partial charge in [-0.3, -0.25) is 9.69 Å². The molecule has 0 spiro atoms. The van der Waals surface area contributed by atoms with Gasteiger partial charge in [0.2, 0.25) is 0 Å². The summed E-state index contributed by atoms with van der Waals surface area (Å²) >= 11 is 9.19. The minimum Gasteiger partial charge on any atom is -0.297 e. The summed E-state index contributed by atoms with van der Waals surface area (Å²) in [6, 6.07) is 13.8. The van der Waals surface area contributed by atoms with Crippen LogP contribution in [0.25, 0.3) is 11.1 Å². The molecule has 0 radical (unpaired) electrons. The molecule has 6 heteroatoms. The fraction of sp³-hybridized carbons (Fsp3) is 0.200. The lowest BCUT2D eigenvalue weighted by Gasteiger charge is -2.43. The second kappa shape index (κ2) is 6.37. The predicted octanol–water partition coefficient (Wildman–Crippen LogP) is 7.17. The normalized spacial score (nSPS) is 14.7. The zero-order valence-electron chi connectivity index (χ0n) is 14.5. The molecule has 1 aliphatic rings. The Bertz CT molecular complexity index is 1100. The van der Waals surface area contributed by atoms with Crippen LogP contribution in [0.3, 0.4) is 0 Å². The monoisotopic (exact) mass is 461 g/mol. The lowest BCUT2D eigenvalue weighted by atomic mass is 9.86. The summed E-state index contributed by atoms with van der Waals surface area (Å²) in [6.07, 6.45) is 0. The maximum Gasteiger partial charge on any atom is 0.259 e. The lowest BCUT2D eigenvalue weighted by Crippen LogP contribution is -2.48. The van der Waals surface area contributed by atoms with E-state index in [0.29, 0.717) is 0 Å². The van der Waals surface area contributed by atoms with Crippen molar-refractivity contribution < 1.29 is 4.79 Å².